The summed E-state index contributed by atoms with van der Waals surface area (Å²) in [7, 11) is 0. The Morgan fingerprint density at radius 2 is 2.06 bits per heavy atom. The van der Waals surface area contributed by atoms with Gasteiger partial charge in [0.1, 0.15) is 0 Å². The van der Waals surface area contributed by atoms with Crippen LogP contribution in [0.4, 0.5) is 5.69 Å². The van der Waals surface area contributed by atoms with Crippen molar-refractivity contribution in [2.45, 2.75) is 39.8 Å². The van der Waals surface area contributed by atoms with Crippen molar-refractivity contribution >= 4 is 11.7 Å². The number of carbonyl (C=O) groups excluding carboxylic acids is 1. The molecule has 0 saturated carbocycles. The van der Waals surface area contributed by atoms with Gasteiger partial charge < -0.3 is 15.8 Å². The van der Waals surface area contributed by atoms with Gasteiger partial charge in [-0.3, -0.25) is 0 Å². The van der Waals surface area contributed by atoms with E-state index in [2.05, 4.69) is 26.1 Å². The molecule has 1 rings (SSSR count). The van der Waals surface area contributed by atoms with E-state index in [-0.39, 0.29) is 11.5 Å². The average molecular weight is 250 g/mol. The summed E-state index contributed by atoms with van der Waals surface area (Å²) in [5, 5.41) is 3.35. The Morgan fingerprint density at radius 1 is 1.39 bits per heavy atom. The molecule has 0 saturated heterocycles. The van der Waals surface area contributed by atoms with E-state index in [1.807, 2.05) is 0 Å². The maximum atomic E-state index is 11.6. The zero-order chi connectivity index (χ0) is 13.8. The molecule has 4 heteroatoms. The fourth-order valence-corrected chi connectivity index (χ4v) is 1.46. The van der Waals surface area contributed by atoms with Crippen LogP contribution in [0.3, 0.4) is 0 Å². The lowest BCUT2D eigenvalue weighted by atomic mass is 10.1. The molecule has 0 amide bonds. The predicted molar refractivity (Wildman–Crippen MR) is 73.4 cm³/mol. The second-order valence-electron chi connectivity index (χ2n) is 5.24. The van der Waals surface area contributed by atoms with Crippen LogP contribution >= 0.6 is 0 Å². The maximum absolute atomic E-state index is 11.6. The first-order valence-corrected chi connectivity index (χ1v) is 6.14. The molecule has 0 atom stereocenters. The number of anilines is 1. The standard InChI is InChI=1S/C14H22N2O2/c1-5-18-13(17)10-6-7-12(15)11(8-10)9-16-14(2,3)4/h6-8,16H,5,9,15H2,1-4H3. The van der Waals surface area contributed by atoms with Crippen LogP contribution in [0.25, 0.3) is 0 Å². The van der Waals surface area contributed by atoms with Gasteiger partial charge in [0, 0.05) is 17.8 Å². The zero-order valence-corrected chi connectivity index (χ0v) is 11.5. The number of esters is 1. The van der Waals surface area contributed by atoms with Gasteiger partial charge >= 0.3 is 5.97 Å². The van der Waals surface area contributed by atoms with Crippen molar-refractivity contribution in [1.82, 2.24) is 5.32 Å². The van der Waals surface area contributed by atoms with Gasteiger partial charge in [0.15, 0.2) is 0 Å². The number of carbonyl (C=O) groups is 1. The highest BCUT2D eigenvalue weighted by Crippen LogP contribution is 2.16. The third-order valence-corrected chi connectivity index (χ3v) is 2.46. The minimum Gasteiger partial charge on any atom is -0.462 e. The average Bonchev–Trinajstić information content (AvgIpc) is 2.27. The first-order chi connectivity index (χ1) is 8.33. The van der Waals surface area contributed by atoms with E-state index in [0.29, 0.717) is 24.4 Å². The molecular weight excluding hydrogens is 228 g/mol. The smallest absolute Gasteiger partial charge is 0.338 e. The molecule has 0 aliphatic rings. The van der Waals surface area contributed by atoms with Gasteiger partial charge in [-0.05, 0) is 51.5 Å². The molecule has 1 aromatic rings. The molecule has 18 heavy (non-hydrogen) atoms. The second kappa shape index (κ2) is 5.87. The molecule has 0 heterocycles. The largest absolute Gasteiger partial charge is 0.462 e. The van der Waals surface area contributed by atoms with Gasteiger partial charge in [0.25, 0.3) is 0 Å². The highest BCUT2D eigenvalue weighted by atomic mass is 16.5. The molecule has 0 aliphatic carbocycles. The Morgan fingerprint density at radius 3 is 2.61 bits per heavy atom. The van der Waals surface area contributed by atoms with E-state index >= 15 is 0 Å². The minimum absolute atomic E-state index is 0.00632. The fraction of sp³-hybridized carbons (Fsp3) is 0.500. The number of nitrogens with one attached hydrogen (secondary N) is 1. The molecule has 0 unspecified atom stereocenters. The van der Waals surface area contributed by atoms with E-state index in [9.17, 15) is 4.79 Å². The van der Waals surface area contributed by atoms with E-state index in [1.165, 1.54) is 0 Å². The molecule has 0 aromatic heterocycles. The van der Waals surface area contributed by atoms with E-state index in [0.717, 1.165) is 5.56 Å². The van der Waals surface area contributed by atoms with Crippen LogP contribution in [0.5, 0.6) is 0 Å². The van der Waals surface area contributed by atoms with Gasteiger partial charge in [-0.15, -0.1) is 0 Å². The molecular formula is C14H22N2O2. The summed E-state index contributed by atoms with van der Waals surface area (Å²) in [6, 6.07) is 5.21. The summed E-state index contributed by atoms with van der Waals surface area (Å²) in [6.45, 7) is 9.04. The van der Waals surface area contributed by atoms with Crippen LogP contribution < -0.4 is 11.1 Å². The summed E-state index contributed by atoms with van der Waals surface area (Å²) in [4.78, 5) is 11.6. The second-order valence-corrected chi connectivity index (χ2v) is 5.24. The first-order valence-electron chi connectivity index (χ1n) is 6.14. The molecule has 0 bridgehead atoms. The van der Waals surface area contributed by atoms with E-state index in [1.54, 1.807) is 25.1 Å². The number of hydrogen-bond donors (Lipinski definition) is 2. The zero-order valence-electron chi connectivity index (χ0n) is 11.5. The lowest BCUT2D eigenvalue weighted by molar-refractivity contribution is 0.0526. The van der Waals surface area contributed by atoms with Crippen LogP contribution in [0.15, 0.2) is 18.2 Å². The van der Waals surface area contributed by atoms with Crippen molar-refractivity contribution in [2.24, 2.45) is 0 Å². The normalized spacial score (nSPS) is 11.3. The Balaban J connectivity index is 2.84. The number of nitrogen functional groups attached to an aromatic ring is 1. The summed E-state index contributed by atoms with van der Waals surface area (Å²) >= 11 is 0. The van der Waals surface area contributed by atoms with Crippen molar-refractivity contribution in [1.29, 1.82) is 0 Å². The third-order valence-electron chi connectivity index (χ3n) is 2.46. The van der Waals surface area contributed by atoms with Crippen molar-refractivity contribution in [3.05, 3.63) is 29.3 Å². The quantitative estimate of drug-likeness (QED) is 0.636. The van der Waals surface area contributed by atoms with Crippen molar-refractivity contribution in [2.75, 3.05) is 12.3 Å². The highest BCUT2D eigenvalue weighted by molar-refractivity contribution is 5.90. The summed E-state index contributed by atoms with van der Waals surface area (Å²) in [6.07, 6.45) is 0. The third kappa shape index (κ3) is 4.37. The topological polar surface area (TPSA) is 64.3 Å². The predicted octanol–water partition coefficient (Wildman–Crippen LogP) is 2.33. The maximum Gasteiger partial charge on any atom is 0.338 e. The van der Waals surface area contributed by atoms with Crippen LogP contribution in [-0.2, 0) is 11.3 Å². The molecule has 1 aromatic carbocycles. The number of ether oxygens (including phenoxy) is 1. The number of benzene rings is 1. The fourth-order valence-electron chi connectivity index (χ4n) is 1.46. The van der Waals surface area contributed by atoms with Crippen molar-refractivity contribution < 1.29 is 9.53 Å². The Bertz CT molecular complexity index is 422. The monoisotopic (exact) mass is 250 g/mol. The molecule has 0 aliphatic heterocycles. The molecule has 3 N–H and O–H groups in total. The van der Waals surface area contributed by atoms with Gasteiger partial charge in [-0.2, -0.15) is 0 Å². The summed E-state index contributed by atoms with van der Waals surface area (Å²) in [5.41, 5.74) is 8.04. The van der Waals surface area contributed by atoms with Crippen LogP contribution in [0.1, 0.15) is 43.6 Å². The Labute approximate surface area is 109 Å². The van der Waals surface area contributed by atoms with Crippen molar-refractivity contribution in [3.63, 3.8) is 0 Å². The number of rotatable bonds is 4. The molecule has 0 spiro atoms. The summed E-state index contributed by atoms with van der Waals surface area (Å²) < 4.78 is 4.97. The molecule has 0 radical (unpaired) electrons. The van der Waals surface area contributed by atoms with Crippen molar-refractivity contribution in [3.8, 4) is 0 Å². The van der Waals surface area contributed by atoms with Gasteiger partial charge in [-0.25, -0.2) is 4.79 Å². The highest BCUT2D eigenvalue weighted by Gasteiger charge is 2.12. The van der Waals surface area contributed by atoms with Crippen LogP contribution in [-0.4, -0.2) is 18.1 Å². The number of hydrogen-bond acceptors (Lipinski definition) is 4. The van der Waals surface area contributed by atoms with E-state index in [4.69, 9.17) is 10.5 Å². The lowest BCUT2D eigenvalue weighted by Crippen LogP contribution is -2.35. The Kier molecular flexibility index (Phi) is 4.73. The molecule has 100 valence electrons. The Hall–Kier alpha value is -1.55. The SMILES string of the molecule is CCOC(=O)c1ccc(N)c(CNC(C)(C)C)c1. The first kappa shape index (κ1) is 14.5. The van der Waals surface area contributed by atoms with Crippen LogP contribution in [0.2, 0.25) is 0 Å². The van der Waals surface area contributed by atoms with E-state index < -0.39 is 0 Å². The van der Waals surface area contributed by atoms with Gasteiger partial charge in [-0.1, -0.05) is 0 Å². The molecule has 0 fully saturated rings. The lowest BCUT2D eigenvalue weighted by Gasteiger charge is -2.21. The number of nitrogens with two attached hydrogens (primary N) is 1. The van der Waals surface area contributed by atoms with Crippen LogP contribution in [0, 0.1) is 0 Å². The summed E-state index contributed by atoms with van der Waals surface area (Å²) in [5.74, 6) is -0.311. The van der Waals surface area contributed by atoms with Gasteiger partial charge in [0.2, 0.25) is 0 Å². The molecule has 4 nitrogen and oxygen atoms in total. The van der Waals surface area contributed by atoms with Gasteiger partial charge in [0.05, 0.1) is 12.2 Å². The minimum atomic E-state index is -0.311.